The van der Waals surface area contributed by atoms with E-state index in [9.17, 15) is 0 Å². The predicted molar refractivity (Wildman–Crippen MR) is 83.5 cm³/mol. The van der Waals surface area contributed by atoms with E-state index in [2.05, 4.69) is 61.2 Å². The van der Waals surface area contributed by atoms with Crippen LogP contribution in [0.2, 0.25) is 0 Å². The predicted octanol–water partition coefficient (Wildman–Crippen LogP) is 2.00. The highest BCUT2D eigenvalue weighted by molar-refractivity contribution is 5.20. The summed E-state index contributed by atoms with van der Waals surface area (Å²) in [5, 5.41) is 0. The zero-order chi connectivity index (χ0) is 14.1. The highest BCUT2D eigenvalue weighted by Crippen LogP contribution is 2.15. The van der Waals surface area contributed by atoms with Crippen LogP contribution in [-0.2, 0) is 0 Å². The maximum Gasteiger partial charge on any atom is 0.00888 e. The van der Waals surface area contributed by atoms with Gasteiger partial charge < -0.3 is 15.5 Å². The van der Waals surface area contributed by atoms with Crippen LogP contribution in [-0.4, -0.2) is 56.6 Å². The lowest BCUT2D eigenvalue weighted by atomic mass is 9.98. The topological polar surface area (TPSA) is 32.5 Å². The van der Waals surface area contributed by atoms with E-state index >= 15 is 0 Å². The standard InChI is InChI=1S/C16H29N3/c1-4-19(12-8-11-18(2)3)14-16(13-17)15-9-6-5-7-10-15/h5-7,9-10,16H,4,8,11-14,17H2,1-3H3. The maximum absolute atomic E-state index is 5.95. The van der Waals surface area contributed by atoms with Crippen molar-refractivity contribution in [2.24, 2.45) is 5.73 Å². The van der Waals surface area contributed by atoms with Gasteiger partial charge >= 0.3 is 0 Å². The molecule has 2 N–H and O–H groups in total. The Morgan fingerprint density at radius 1 is 1.11 bits per heavy atom. The number of nitrogens with two attached hydrogens (primary N) is 1. The van der Waals surface area contributed by atoms with Crippen molar-refractivity contribution in [1.82, 2.24) is 9.80 Å². The van der Waals surface area contributed by atoms with Gasteiger partial charge in [-0.2, -0.15) is 0 Å². The van der Waals surface area contributed by atoms with E-state index in [0.29, 0.717) is 12.5 Å². The molecule has 0 saturated heterocycles. The third-order valence-corrected chi connectivity index (χ3v) is 3.56. The van der Waals surface area contributed by atoms with Crippen molar-refractivity contribution in [3.05, 3.63) is 35.9 Å². The van der Waals surface area contributed by atoms with E-state index in [1.165, 1.54) is 12.0 Å². The molecule has 1 aromatic carbocycles. The molecule has 19 heavy (non-hydrogen) atoms. The van der Waals surface area contributed by atoms with Crippen LogP contribution in [0.1, 0.15) is 24.8 Å². The first kappa shape index (κ1) is 16.2. The molecule has 1 rings (SSSR count). The zero-order valence-electron chi connectivity index (χ0n) is 12.7. The van der Waals surface area contributed by atoms with Crippen LogP contribution in [0.3, 0.4) is 0 Å². The van der Waals surface area contributed by atoms with Crippen molar-refractivity contribution in [2.75, 3.05) is 46.8 Å². The van der Waals surface area contributed by atoms with Crippen LogP contribution >= 0.6 is 0 Å². The molecule has 0 radical (unpaired) electrons. The summed E-state index contributed by atoms with van der Waals surface area (Å²) >= 11 is 0. The molecule has 1 aromatic rings. The van der Waals surface area contributed by atoms with Gasteiger partial charge in [-0.3, -0.25) is 0 Å². The third kappa shape index (κ3) is 6.19. The Morgan fingerprint density at radius 3 is 2.32 bits per heavy atom. The van der Waals surface area contributed by atoms with Gasteiger partial charge in [0.1, 0.15) is 0 Å². The van der Waals surface area contributed by atoms with Gasteiger partial charge in [0.2, 0.25) is 0 Å². The number of likely N-dealkylation sites (N-methyl/N-ethyl adjacent to an activating group) is 1. The number of nitrogens with zero attached hydrogens (tertiary/aromatic N) is 2. The van der Waals surface area contributed by atoms with Crippen LogP contribution in [0, 0.1) is 0 Å². The van der Waals surface area contributed by atoms with E-state index < -0.39 is 0 Å². The van der Waals surface area contributed by atoms with Crippen LogP contribution in [0.25, 0.3) is 0 Å². The fourth-order valence-electron chi connectivity index (χ4n) is 2.34. The van der Waals surface area contributed by atoms with Crippen LogP contribution in [0.5, 0.6) is 0 Å². The molecule has 3 nitrogen and oxygen atoms in total. The summed E-state index contributed by atoms with van der Waals surface area (Å²) in [7, 11) is 4.26. The van der Waals surface area contributed by atoms with Gasteiger partial charge in [0, 0.05) is 19.0 Å². The highest BCUT2D eigenvalue weighted by Gasteiger charge is 2.13. The average Bonchev–Trinajstić information content (AvgIpc) is 2.43. The summed E-state index contributed by atoms with van der Waals surface area (Å²) in [6.07, 6.45) is 1.22. The van der Waals surface area contributed by atoms with E-state index in [-0.39, 0.29) is 0 Å². The van der Waals surface area contributed by atoms with Crippen LogP contribution in [0.15, 0.2) is 30.3 Å². The molecule has 108 valence electrons. The lowest BCUT2D eigenvalue weighted by Crippen LogP contribution is -2.33. The molecule has 0 aliphatic heterocycles. The van der Waals surface area contributed by atoms with Crippen molar-refractivity contribution in [1.29, 1.82) is 0 Å². The minimum Gasteiger partial charge on any atom is -0.330 e. The minimum atomic E-state index is 0.445. The first-order valence-corrected chi connectivity index (χ1v) is 7.29. The van der Waals surface area contributed by atoms with Crippen LogP contribution < -0.4 is 5.73 Å². The number of hydrogen-bond acceptors (Lipinski definition) is 3. The van der Waals surface area contributed by atoms with E-state index in [1.807, 2.05) is 0 Å². The van der Waals surface area contributed by atoms with E-state index in [4.69, 9.17) is 5.73 Å². The zero-order valence-corrected chi connectivity index (χ0v) is 12.7. The normalized spacial score (nSPS) is 13.2. The lowest BCUT2D eigenvalue weighted by molar-refractivity contribution is 0.252. The molecule has 1 unspecified atom stereocenters. The van der Waals surface area contributed by atoms with Crippen molar-refractivity contribution in [3.63, 3.8) is 0 Å². The first-order valence-electron chi connectivity index (χ1n) is 7.29. The SMILES string of the molecule is CCN(CCCN(C)C)CC(CN)c1ccccc1. The molecule has 0 amide bonds. The van der Waals surface area contributed by atoms with E-state index in [1.54, 1.807) is 0 Å². The van der Waals surface area contributed by atoms with Gasteiger partial charge in [-0.25, -0.2) is 0 Å². The van der Waals surface area contributed by atoms with Gasteiger partial charge in [0.05, 0.1) is 0 Å². The largest absolute Gasteiger partial charge is 0.330 e. The summed E-state index contributed by atoms with van der Waals surface area (Å²) in [6, 6.07) is 10.6. The number of rotatable bonds is 9. The smallest absolute Gasteiger partial charge is 0.00888 e. The van der Waals surface area contributed by atoms with Crippen molar-refractivity contribution in [2.45, 2.75) is 19.3 Å². The minimum absolute atomic E-state index is 0.445. The molecule has 1 atom stereocenters. The van der Waals surface area contributed by atoms with Gasteiger partial charge in [-0.05, 0) is 45.7 Å². The second-order valence-electron chi connectivity index (χ2n) is 5.39. The van der Waals surface area contributed by atoms with Gasteiger partial charge in [0.15, 0.2) is 0 Å². The molecule has 0 heterocycles. The van der Waals surface area contributed by atoms with Crippen LogP contribution in [0.4, 0.5) is 0 Å². The lowest BCUT2D eigenvalue weighted by Gasteiger charge is -2.26. The molecular formula is C16H29N3. The van der Waals surface area contributed by atoms with Gasteiger partial charge in [-0.15, -0.1) is 0 Å². The first-order chi connectivity index (χ1) is 9.17. The quantitative estimate of drug-likeness (QED) is 0.739. The summed E-state index contributed by atoms with van der Waals surface area (Å²) in [4.78, 5) is 4.75. The molecule has 0 aliphatic rings. The second-order valence-corrected chi connectivity index (χ2v) is 5.39. The molecule has 0 bridgehead atoms. The fourth-order valence-corrected chi connectivity index (χ4v) is 2.34. The molecule has 0 fully saturated rings. The molecule has 0 aromatic heterocycles. The summed E-state index contributed by atoms with van der Waals surface area (Å²) in [5.41, 5.74) is 7.31. The van der Waals surface area contributed by atoms with E-state index in [0.717, 1.165) is 26.2 Å². The highest BCUT2D eigenvalue weighted by atomic mass is 15.1. The number of benzene rings is 1. The Kier molecular flexibility index (Phi) is 7.72. The Hall–Kier alpha value is -0.900. The Labute approximate surface area is 118 Å². The third-order valence-electron chi connectivity index (χ3n) is 3.56. The maximum atomic E-state index is 5.95. The number of hydrogen-bond donors (Lipinski definition) is 1. The summed E-state index contributed by atoms with van der Waals surface area (Å²) in [5.74, 6) is 0.445. The molecule has 0 saturated carbocycles. The van der Waals surface area contributed by atoms with Crippen molar-refractivity contribution >= 4 is 0 Å². The fraction of sp³-hybridized carbons (Fsp3) is 0.625. The molecule has 3 heteroatoms. The molecule has 0 aliphatic carbocycles. The van der Waals surface area contributed by atoms with Gasteiger partial charge in [0.25, 0.3) is 0 Å². The molecular weight excluding hydrogens is 234 g/mol. The second kappa shape index (κ2) is 9.08. The Bertz CT molecular complexity index is 324. The van der Waals surface area contributed by atoms with Crippen molar-refractivity contribution in [3.8, 4) is 0 Å². The average molecular weight is 263 g/mol. The Balaban J connectivity index is 2.48. The van der Waals surface area contributed by atoms with Crippen molar-refractivity contribution < 1.29 is 0 Å². The Morgan fingerprint density at radius 2 is 1.79 bits per heavy atom. The summed E-state index contributed by atoms with van der Waals surface area (Å²) in [6.45, 7) is 7.40. The monoisotopic (exact) mass is 263 g/mol. The summed E-state index contributed by atoms with van der Waals surface area (Å²) < 4.78 is 0. The molecule has 0 spiro atoms. The van der Waals surface area contributed by atoms with Gasteiger partial charge in [-0.1, -0.05) is 37.3 Å².